The number of aryl methyl sites for hydroxylation is 1. The lowest BCUT2D eigenvalue weighted by molar-refractivity contribution is -0.137. The molecule has 1 aromatic carbocycles. The molecule has 132 valence electrons. The Morgan fingerprint density at radius 3 is 2.72 bits per heavy atom. The van der Waals surface area contributed by atoms with Crippen molar-refractivity contribution < 1.29 is 14.3 Å². The molecule has 3 rings (SSSR count). The Morgan fingerprint density at radius 2 is 2.08 bits per heavy atom. The van der Waals surface area contributed by atoms with Crippen LogP contribution in [-0.4, -0.2) is 53.2 Å². The van der Waals surface area contributed by atoms with Crippen molar-refractivity contribution in [3.8, 4) is 5.75 Å². The zero-order valence-corrected chi connectivity index (χ0v) is 14.3. The van der Waals surface area contributed by atoms with Crippen LogP contribution in [0, 0.1) is 6.92 Å². The number of para-hydroxylation sites is 2. The minimum atomic E-state index is -0.178. The van der Waals surface area contributed by atoms with Gasteiger partial charge in [-0.15, -0.1) is 0 Å². The highest BCUT2D eigenvalue weighted by molar-refractivity contribution is 5.99. The molecule has 2 amide bonds. The van der Waals surface area contributed by atoms with Crippen molar-refractivity contribution in [3.63, 3.8) is 0 Å². The number of carbonyl (C=O) groups is 2. The van der Waals surface area contributed by atoms with E-state index in [2.05, 4.69) is 5.10 Å². The highest BCUT2D eigenvalue weighted by Gasteiger charge is 2.29. The van der Waals surface area contributed by atoms with Gasteiger partial charge in [0.2, 0.25) is 11.8 Å². The van der Waals surface area contributed by atoms with Crippen molar-refractivity contribution >= 4 is 23.3 Å². The molecule has 0 radical (unpaired) electrons. The number of aromatic nitrogens is 2. The molecule has 2 aromatic rings. The van der Waals surface area contributed by atoms with Gasteiger partial charge in [0.15, 0.2) is 0 Å². The van der Waals surface area contributed by atoms with E-state index in [0.717, 1.165) is 5.69 Å². The zero-order valence-electron chi connectivity index (χ0n) is 14.3. The predicted octanol–water partition coefficient (Wildman–Crippen LogP) is 0.658. The quantitative estimate of drug-likeness (QED) is 0.880. The Hall–Kier alpha value is -3.03. The van der Waals surface area contributed by atoms with Crippen LogP contribution in [-0.2, 0) is 16.1 Å². The minimum Gasteiger partial charge on any atom is -0.495 e. The number of hydrogen-bond donors (Lipinski definition) is 1. The van der Waals surface area contributed by atoms with Crippen LogP contribution in [0.2, 0.25) is 0 Å². The van der Waals surface area contributed by atoms with E-state index in [4.69, 9.17) is 10.5 Å². The van der Waals surface area contributed by atoms with Crippen molar-refractivity contribution in [2.24, 2.45) is 0 Å². The van der Waals surface area contributed by atoms with Gasteiger partial charge < -0.3 is 20.3 Å². The van der Waals surface area contributed by atoms with E-state index < -0.39 is 0 Å². The molecule has 1 aromatic heterocycles. The molecule has 25 heavy (non-hydrogen) atoms. The van der Waals surface area contributed by atoms with Gasteiger partial charge >= 0.3 is 0 Å². The predicted molar refractivity (Wildman–Crippen MR) is 93.3 cm³/mol. The van der Waals surface area contributed by atoms with Crippen LogP contribution in [0.1, 0.15) is 5.69 Å². The molecule has 2 heterocycles. The summed E-state index contributed by atoms with van der Waals surface area (Å²) in [6.07, 6.45) is 0. The van der Waals surface area contributed by atoms with Crippen LogP contribution in [0.25, 0.3) is 0 Å². The molecule has 0 unspecified atom stereocenters. The standard InChI is InChI=1S/C17H21N5O3/c1-12-9-15(18)22(19-12)11-16(23)20-7-8-21(17(24)10-20)13-5-3-4-6-14(13)25-2/h3-6,9H,7-8,10-11,18H2,1-2H3. The fourth-order valence-electron chi connectivity index (χ4n) is 2.91. The highest BCUT2D eigenvalue weighted by Crippen LogP contribution is 2.28. The lowest BCUT2D eigenvalue weighted by Crippen LogP contribution is -2.53. The number of hydrogen-bond acceptors (Lipinski definition) is 5. The number of nitrogens with two attached hydrogens (primary N) is 1. The molecular formula is C17H21N5O3. The summed E-state index contributed by atoms with van der Waals surface area (Å²) in [4.78, 5) is 28.2. The normalized spacial score (nSPS) is 14.7. The molecule has 2 N–H and O–H groups in total. The lowest BCUT2D eigenvalue weighted by atomic mass is 10.2. The van der Waals surface area contributed by atoms with Crippen LogP contribution in [0.15, 0.2) is 30.3 Å². The molecule has 1 saturated heterocycles. The van der Waals surface area contributed by atoms with Crippen LogP contribution in [0.3, 0.4) is 0 Å². The van der Waals surface area contributed by atoms with E-state index in [1.165, 1.54) is 9.58 Å². The Labute approximate surface area is 145 Å². The van der Waals surface area contributed by atoms with E-state index in [1.807, 2.05) is 31.2 Å². The molecule has 0 spiro atoms. The third-order valence-electron chi connectivity index (χ3n) is 4.17. The first-order valence-corrected chi connectivity index (χ1v) is 8.00. The first-order chi connectivity index (χ1) is 12.0. The fraction of sp³-hybridized carbons (Fsp3) is 0.353. The topological polar surface area (TPSA) is 93.7 Å². The average molecular weight is 343 g/mol. The van der Waals surface area contributed by atoms with Crippen LogP contribution >= 0.6 is 0 Å². The van der Waals surface area contributed by atoms with Crippen LogP contribution < -0.4 is 15.4 Å². The molecule has 0 saturated carbocycles. The number of nitrogens with zero attached hydrogens (tertiary/aromatic N) is 4. The summed E-state index contributed by atoms with van der Waals surface area (Å²) < 4.78 is 6.77. The summed E-state index contributed by atoms with van der Waals surface area (Å²) in [7, 11) is 1.57. The molecular weight excluding hydrogens is 322 g/mol. The number of carbonyl (C=O) groups excluding carboxylic acids is 2. The minimum absolute atomic E-state index is 0.0248. The summed E-state index contributed by atoms with van der Waals surface area (Å²) in [5, 5.41) is 4.18. The number of amides is 2. The molecule has 1 fully saturated rings. The van der Waals surface area contributed by atoms with Gasteiger partial charge in [-0.3, -0.25) is 9.59 Å². The van der Waals surface area contributed by atoms with E-state index >= 15 is 0 Å². The summed E-state index contributed by atoms with van der Waals surface area (Å²) in [5.74, 6) is 0.747. The second-order valence-corrected chi connectivity index (χ2v) is 5.90. The van der Waals surface area contributed by atoms with E-state index in [-0.39, 0.29) is 24.9 Å². The number of rotatable bonds is 4. The van der Waals surface area contributed by atoms with Crippen molar-refractivity contribution in [1.29, 1.82) is 0 Å². The number of piperazine rings is 1. The summed E-state index contributed by atoms with van der Waals surface area (Å²) in [6.45, 7) is 2.73. The van der Waals surface area contributed by atoms with E-state index in [0.29, 0.717) is 30.3 Å². The van der Waals surface area contributed by atoms with Crippen molar-refractivity contribution in [2.45, 2.75) is 13.5 Å². The second-order valence-electron chi connectivity index (χ2n) is 5.90. The smallest absolute Gasteiger partial charge is 0.246 e. The van der Waals surface area contributed by atoms with Gasteiger partial charge in [-0.05, 0) is 19.1 Å². The van der Waals surface area contributed by atoms with Gasteiger partial charge in [0, 0.05) is 19.2 Å². The van der Waals surface area contributed by atoms with Crippen LogP contribution in [0.4, 0.5) is 11.5 Å². The molecule has 0 aliphatic carbocycles. The van der Waals surface area contributed by atoms with Gasteiger partial charge in [-0.2, -0.15) is 5.10 Å². The van der Waals surface area contributed by atoms with Gasteiger partial charge in [0.1, 0.15) is 24.7 Å². The maximum atomic E-state index is 12.5. The monoisotopic (exact) mass is 343 g/mol. The summed E-state index contributed by atoms with van der Waals surface area (Å²) >= 11 is 0. The van der Waals surface area contributed by atoms with Crippen LogP contribution in [0.5, 0.6) is 5.75 Å². The number of nitrogen functional groups attached to an aromatic ring is 1. The Morgan fingerprint density at radius 1 is 1.32 bits per heavy atom. The molecule has 0 bridgehead atoms. The van der Waals surface area contributed by atoms with Crippen molar-refractivity contribution in [1.82, 2.24) is 14.7 Å². The molecule has 0 atom stereocenters. The Balaban J connectivity index is 1.68. The van der Waals surface area contributed by atoms with E-state index in [9.17, 15) is 9.59 Å². The highest BCUT2D eigenvalue weighted by atomic mass is 16.5. The number of benzene rings is 1. The lowest BCUT2D eigenvalue weighted by Gasteiger charge is -2.34. The number of methoxy groups -OCH3 is 1. The molecule has 1 aliphatic heterocycles. The third kappa shape index (κ3) is 3.42. The first kappa shape index (κ1) is 16.8. The van der Waals surface area contributed by atoms with Gasteiger partial charge in [0.05, 0.1) is 18.5 Å². The summed E-state index contributed by atoms with van der Waals surface area (Å²) in [6, 6.07) is 9.05. The molecule has 8 heteroatoms. The summed E-state index contributed by atoms with van der Waals surface area (Å²) in [5.41, 5.74) is 7.29. The first-order valence-electron chi connectivity index (χ1n) is 8.00. The largest absolute Gasteiger partial charge is 0.495 e. The van der Waals surface area contributed by atoms with Gasteiger partial charge in [0.25, 0.3) is 0 Å². The number of anilines is 2. The Kier molecular flexibility index (Phi) is 4.60. The zero-order chi connectivity index (χ0) is 18.0. The molecule has 1 aliphatic rings. The Bertz CT molecular complexity index is 801. The number of ether oxygens (including phenoxy) is 1. The fourth-order valence-corrected chi connectivity index (χ4v) is 2.91. The van der Waals surface area contributed by atoms with Gasteiger partial charge in [-0.1, -0.05) is 12.1 Å². The molecule has 8 nitrogen and oxygen atoms in total. The maximum absolute atomic E-state index is 12.5. The van der Waals surface area contributed by atoms with Crippen molar-refractivity contribution in [2.75, 3.05) is 37.4 Å². The second kappa shape index (κ2) is 6.84. The SMILES string of the molecule is COc1ccccc1N1CCN(C(=O)Cn2nc(C)cc2N)CC1=O. The third-order valence-corrected chi connectivity index (χ3v) is 4.17. The average Bonchev–Trinajstić information content (AvgIpc) is 2.92. The van der Waals surface area contributed by atoms with E-state index in [1.54, 1.807) is 18.1 Å². The van der Waals surface area contributed by atoms with Crippen molar-refractivity contribution in [3.05, 3.63) is 36.0 Å². The van der Waals surface area contributed by atoms with Gasteiger partial charge in [-0.25, -0.2) is 4.68 Å². The maximum Gasteiger partial charge on any atom is 0.246 e.